The molecule has 2 aromatic rings. The number of nitrogen functional groups attached to an aromatic ring is 1. The molecule has 3 aliphatic rings. The number of aromatic nitrogens is 3. The molecule has 4 atom stereocenters. The molecular weight excluding hydrogens is 422 g/mol. The van der Waals surface area contributed by atoms with Crippen molar-refractivity contribution in [3.8, 4) is 0 Å². The number of ether oxygens (including phenoxy) is 1. The lowest BCUT2D eigenvalue weighted by molar-refractivity contribution is -0.0731. The predicted octanol–water partition coefficient (Wildman–Crippen LogP) is -0.782. The number of halogens is 2. The molecule has 3 saturated heterocycles. The number of piperidine rings is 1. The van der Waals surface area contributed by atoms with Crippen LogP contribution in [0.15, 0.2) is 12.4 Å². The number of rotatable bonds is 3. The van der Waals surface area contributed by atoms with Gasteiger partial charge in [-0.15, -0.1) is 5.10 Å². The summed E-state index contributed by atoms with van der Waals surface area (Å²) in [5.74, 6) is -1.13. The van der Waals surface area contributed by atoms with Crippen LogP contribution in [0.4, 0.5) is 14.6 Å². The number of nitrogens with two attached hydrogens (primary N) is 1. The summed E-state index contributed by atoms with van der Waals surface area (Å²) in [6.07, 6.45) is 0.993. The van der Waals surface area contributed by atoms with Crippen LogP contribution in [-0.4, -0.2) is 119 Å². The Morgan fingerprint density at radius 1 is 1.25 bits per heavy atom. The molecule has 32 heavy (non-hydrogen) atoms. The van der Waals surface area contributed by atoms with E-state index >= 15 is 4.39 Å². The number of hydrogen-bond acceptors (Lipinski definition) is 8. The number of carbonyl (C=O) groups excluding carboxylic acids is 1. The van der Waals surface area contributed by atoms with Crippen molar-refractivity contribution in [2.24, 2.45) is 0 Å². The van der Waals surface area contributed by atoms with Crippen molar-refractivity contribution in [1.82, 2.24) is 34.6 Å². The zero-order valence-corrected chi connectivity index (χ0v) is 18.0. The van der Waals surface area contributed by atoms with Gasteiger partial charge >= 0.3 is 0 Å². The van der Waals surface area contributed by atoms with Gasteiger partial charge in [-0.1, -0.05) is 0 Å². The number of carbonyl (C=O) groups is 1. The minimum Gasteiger partial charge on any atom is -0.381 e. The molecule has 0 aromatic carbocycles. The van der Waals surface area contributed by atoms with E-state index in [2.05, 4.69) is 25.2 Å². The van der Waals surface area contributed by atoms with E-state index in [9.17, 15) is 9.18 Å². The Morgan fingerprint density at radius 2 is 2.06 bits per heavy atom. The van der Waals surface area contributed by atoms with E-state index < -0.39 is 30.0 Å². The third kappa shape index (κ3) is 3.91. The van der Waals surface area contributed by atoms with Crippen LogP contribution >= 0.6 is 0 Å². The average molecular weight is 450 g/mol. The molecule has 0 saturated carbocycles. The molecule has 2 aromatic heterocycles. The van der Waals surface area contributed by atoms with Crippen LogP contribution in [-0.2, 0) is 4.74 Å². The number of fused-ring (bicyclic) bond motifs is 2. The fourth-order valence-corrected chi connectivity index (χ4v) is 5.22. The van der Waals surface area contributed by atoms with E-state index in [1.807, 2.05) is 11.9 Å². The minimum absolute atomic E-state index is 0.0499. The normalized spacial score (nSPS) is 30.3. The molecule has 10 nitrogen and oxygen atoms in total. The standard InChI is InChI=1S/C20H28F2N8O2/c1-27-9-14(22)17(29-3-2-28-4-5-32-11-13(28)8-29)15(10-27)25-20(31)16-18(23)26-30-7-12(21)6-24-19(16)30/h6-7,13-15,17H,2-5,8-11H2,1H3,(H2,23,26)(H,25,31)/t13-,14?,15?,17?/m1/s1. The highest BCUT2D eigenvalue weighted by atomic mass is 19.1. The fourth-order valence-electron chi connectivity index (χ4n) is 5.22. The third-order valence-electron chi connectivity index (χ3n) is 6.68. The average Bonchev–Trinajstić information content (AvgIpc) is 3.07. The molecule has 174 valence electrons. The number of likely N-dealkylation sites (N-methyl/N-ethyl adjacent to an activating group) is 1. The van der Waals surface area contributed by atoms with Crippen molar-refractivity contribution >= 4 is 17.4 Å². The number of nitrogens with zero attached hydrogens (tertiary/aromatic N) is 6. The Bertz CT molecular complexity index is 1000. The number of anilines is 1. The van der Waals surface area contributed by atoms with Gasteiger partial charge in [0.25, 0.3) is 5.91 Å². The maximum atomic E-state index is 15.4. The van der Waals surface area contributed by atoms with Crippen LogP contribution < -0.4 is 11.1 Å². The van der Waals surface area contributed by atoms with Crippen molar-refractivity contribution in [3.05, 3.63) is 23.8 Å². The molecule has 5 heterocycles. The first kappa shape index (κ1) is 21.4. The monoisotopic (exact) mass is 450 g/mol. The van der Waals surface area contributed by atoms with Crippen LogP contribution in [0.3, 0.4) is 0 Å². The number of piperazine rings is 1. The number of morpholine rings is 1. The zero-order chi connectivity index (χ0) is 22.4. The smallest absolute Gasteiger partial charge is 0.259 e. The predicted molar refractivity (Wildman–Crippen MR) is 113 cm³/mol. The van der Waals surface area contributed by atoms with Gasteiger partial charge in [-0.05, 0) is 7.05 Å². The number of nitrogens with one attached hydrogen (secondary N) is 1. The molecule has 3 aliphatic heterocycles. The largest absolute Gasteiger partial charge is 0.381 e. The summed E-state index contributed by atoms with van der Waals surface area (Å²) < 4.78 is 35.6. The van der Waals surface area contributed by atoms with Crippen LogP contribution in [0.2, 0.25) is 0 Å². The van der Waals surface area contributed by atoms with Gasteiger partial charge in [0.2, 0.25) is 0 Å². The molecule has 3 unspecified atom stereocenters. The summed E-state index contributed by atoms with van der Waals surface area (Å²) >= 11 is 0. The topological polar surface area (TPSA) is 104 Å². The number of alkyl halides is 1. The number of hydrogen-bond donors (Lipinski definition) is 2. The maximum absolute atomic E-state index is 15.4. The Balaban J connectivity index is 1.38. The van der Waals surface area contributed by atoms with Crippen LogP contribution in [0.25, 0.3) is 5.65 Å². The minimum atomic E-state index is -1.12. The highest BCUT2D eigenvalue weighted by Crippen LogP contribution is 2.25. The van der Waals surface area contributed by atoms with E-state index in [0.717, 1.165) is 43.2 Å². The van der Waals surface area contributed by atoms with E-state index in [-0.39, 0.29) is 23.1 Å². The van der Waals surface area contributed by atoms with Crippen molar-refractivity contribution in [2.45, 2.75) is 24.3 Å². The molecule has 3 fully saturated rings. The second kappa shape index (κ2) is 8.50. The summed E-state index contributed by atoms with van der Waals surface area (Å²) in [6, 6.07) is -0.690. The molecule has 0 aliphatic carbocycles. The Hall–Kier alpha value is -2.41. The lowest BCUT2D eigenvalue weighted by atomic mass is 9.94. The van der Waals surface area contributed by atoms with E-state index in [1.165, 1.54) is 0 Å². The first-order chi connectivity index (χ1) is 15.4. The van der Waals surface area contributed by atoms with Crippen molar-refractivity contribution in [2.75, 3.05) is 65.3 Å². The first-order valence-electron chi connectivity index (χ1n) is 10.9. The van der Waals surface area contributed by atoms with Crippen molar-refractivity contribution < 1.29 is 18.3 Å². The maximum Gasteiger partial charge on any atom is 0.259 e. The van der Waals surface area contributed by atoms with Gasteiger partial charge in [0.1, 0.15) is 11.7 Å². The van der Waals surface area contributed by atoms with Crippen LogP contribution in [0.1, 0.15) is 10.4 Å². The lowest BCUT2D eigenvalue weighted by Crippen LogP contribution is -2.69. The van der Waals surface area contributed by atoms with Crippen LogP contribution in [0.5, 0.6) is 0 Å². The number of likely N-dealkylation sites (tertiary alicyclic amines) is 1. The molecule has 12 heteroatoms. The van der Waals surface area contributed by atoms with Gasteiger partial charge in [0, 0.05) is 45.3 Å². The van der Waals surface area contributed by atoms with Gasteiger partial charge in [-0.25, -0.2) is 18.3 Å². The van der Waals surface area contributed by atoms with Crippen molar-refractivity contribution in [1.29, 1.82) is 0 Å². The van der Waals surface area contributed by atoms with E-state index in [4.69, 9.17) is 10.5 Å². The molecule has 0 radical (unpaired) electrons. The summed E-state index contributed by atoms with van der Waals surface area (Å²) in [7, 11) is 1.84. The Morgan fingerprint density at radius 3 is 2.91 bits per heavy atom. The first-order valence-corrected chi connectivity index (χ1v) is 10.9. The molecular formula is C20H28F2N8O2. The summed E-state index contributed by atoms with van der Waals surface area (Å²) in [5.41, 5.74) is 6.17. The molecule has 3 N–H and O–H groups in total. The van der Waals surface area contributed by atoms with Gasteiger partial charge in [0.05, 0.1) is 37.7 Å². The van der Waals surface area contributed by atoms with Gasteiger partial charge in [-0.3, -0.25) is 14.6 Å². The summed E-state index contributed by atoms with van der Waals surface area (Å²) in [5, 5.41) is 6.96. The zero-order valence-electron chi connectivity index (χ0n) is 18.0. The molecule has 0 spiro atoms. The summed E-state index contributed by atoms with van der Waals surface area (Å²) in [4.78, 5) is 23.6. The Kier molecular flexibility index (Phi) is 5.70. The Labute approximate surface area is 184 Å². The SMILES string of the molecule is CN1CC(F)C(N2CCN3CCOC[C@H]3C2)C(NC(=O)c2c(N)nn3cc(F)cnc23)C1. The van der Waals surface area contributed by atoms with Gasteiger partial charge in [0.15, 0.2) is 17.3 Å². The molecule has 5 rings (SSSR count). The number of amides is 1. The quantitative estimate of drug-likeness (QED) is 0.628. The van der Waals surface area contributed by atoms with Crippen LogP contribution in [0, 0.1) is 5.82 Å². The van der Waals surface area contributed by atoms with E-state index in [1.54, 1.807) is 0 Å². The fraction of sp³-hybridized carbons (Fsp3) is 0.650. The lowest BCUT2D eigenvalue weighted by Gasteiger charge is -2.50. The van der Waals surface area contributed by atoms with Gasteiger partial charge < -0.3 is 20.7 Å². The molecule has 0 bridgehead atoms. The second-order valence-electron chi connectivity index (χ2n) is 8.87. The highest BCUT2D eigenvalue weighted by molar-refractivity contribution is 6.04. The second-order valence-corrected chi connectivity index (χ2v) is 8.87. The van der Waals surface area contributed by atoms with E-state index in [0.29, 0.717) is 26.2 Å². The highest BCUT2D eigenvalue weighted by Gasteiger charge is 2.43. The third-order valence-corrected chi connectivity index (χ3v) is 6.68. The molecule has 1 amide bonds. The van der Waals surface area contributed by atoms with Gasteiger partial charge in [-0.2, -0.15) is 0 Å². The van der Waals surface area contributed by atoms with Crippen molar-refractivity contribution in [3.63, 3.8) is 0 Å². The summed E-state index contributed by atoms with van der Waals surface area (Å²) in [6.45, 7) is 5.35.